The Bertz CT molecular complexity index is 624. The molecule has 0 saturated carbocycles. The Morgan fingerprint density at radius 3 is 1.93 bits per heavy atom. The van der Waals surface area contributed by atoms with Gasteiger partial charge in [-0.2, -0.15) is 0 Å². The molecule has 2 rings (SSSR count). The molecule has 0 saturated heterocycles. The summed E-state index contributed by atoms with van der Waals surface area (Å²) in [5.74, 6) is 0.288. The van der Waals surface area contributed by atoms with E-state index in [0.29, 0.717) is 6.42 Å². The molecule has 154 valence electrons. The fourth-order valence-electron chi connectivity index (χ4n) is 3.74. The highest BCUT2D eigenvalue weighted by molar-refractivity contribution is 5.77. The monoisotopic (exact) mass is 382 g/mol. The van der Waals surface area contributed by atoms with Crippen molar-refractivity contribution in [1.82, 2.24) is 9.47 Å². The average Bonchev–Trinajstić information content (AvgIpc) is 3.26. The molecule has 0 spiro atoms. The Kier molecular flexibility index (Phi) is 10.5. The van der Waals surface area contributed by atoms with Crippen molar-refractivity contribution in [3.8, 4) is 0 Å². The molecule has 1 aromatic carbocycles. The standard InChI is InChI=1S/C25H38N2O/c1-3-5-7-12-20-27(21-13-8-6-4-2)25(28)22-24(26-18-14-15-19-26)23-16-10-9-11-17-23/h9-11,14-19,24H,3-8,12-13,20-22H2,1-2H3. The van der Waals surface area contributed by atoms with E-state index in [1.807, 2.05) is 18.2 Å². The second-order valence-corrected chi connectivity index (χ2v) is 7.76. The van der Waals surface area contributed by atoms with E-state index >= 15 is 0 Å². The van der Waals surface area contributed by atoms with Crippen LogP contribution in [0.15, 0.2) is 54.9 Å². The van der Waals surface area contributed by atoms with Crippen molar-refractivity contribution in [2.24, 2.45) is 0 Å². The van der Waals surface area contributed by atoms with E-state index in [1.165, 1.54) is 44.1 Å². The summed E-state index contributed by atoms with van der Waals surface area (Å²) in [4.78, 5) is 15.4. The Morgan fingerprint density at radius 1 is 0.821 bits per heavy atom. The molecule has 1 atom stereocenters. The lowest BCUT2D eigenvalue weighted by Gasteiger charge is -2.26. The lowest BCUT2D eigenvalue weighted by Crippen LogP contribution is -2.34. The summed E-state index contributed by atoms with van der Waals surface area (Å²) in [6, 6.07) is 14.5. The molecule has 0 aliphatic carbocycles. The second-order valence-electron chi connectivity index (χ2n) is 7.76. The van der Waals surface area contributed by atoms with Gasteiger partial charge in [-0.05, 0) is 30.5 Å². The predicted molar refractivity (Wildman–Crippen MR) is 118 cm³/mol. The van der Waals surface area contributed by atoms with Gasteiger partial charge in [-0.25, -0.2) is 0 Å². The summed E-state index contributed by atoms with van der Waals surface area (Å²) in [5, 5.41) is 0. The van der Waals surface area contributed by atoms with Crippen LogP contribution in [0, 0.1) is 0 Å². The first-order chi connectivity index (χ1) is 13.8. The van der Waals surface area contributed by atoms with Gasteiger partial charge in [0.1, 0.15) is 0 Å². The molecule has 0 radical (unpaired) electrons. The molecule has 1 heterocycles. The summed E-state index contributed by atoms with van der Waals surface area (Å²) in [5.41, 5.74) is 1.20. The van der Waals surface area contributed by atoms with Crippen molar-refractivity contribution in [1.29, 1.82) is 0 Å². The fourth-order valence-corrected chi connectivity index (χ4v) is 3.74. The van der Waals surface area contributed by atoms with E-state index in [4.69, 9.17) is 0 Å². The third kappa shape index (κ3) is 7.53. The van der Waals surface area contributed by atoms with Crippen molar-refractivity contribution in [3.05, 3.63) is 60.4 Å². The van der Waals surface area contributed by atoms with Gasteiger partial charge in [0.05, 0.1) is 12.5 Å². The minimum atomic E-state index is 0.0671. The van der Waals surface area contributed by atoms with Crippen molar-refractivity contribution in [2.75, 3.05) is 13.1 Å². The van der Waals surface area contributed by atoms with Crippen LogP contribution in [0.3, 0.4) is 0 Å². The van der Waals surface area contributed by atoms with Gasteiger partial charge in [0, 0.05) is 25.5 Å². The number of hydrogen-bond acceptors (Lipinski definition) is 1. The molecule has 3 nitrogen and oxygen atoms in total. The van der Waals surface area contributed by atoms with E-state index in [1.54, 1.807) is 0 Å². The van der Waals surface area contributed by atoms with Crippen LogP contribution in [-0.4, -0.2) is 28.5 Å². The van der Waals surface area contributed by atoms with Crippen LogP contribution in [0.2, 0.25) is 0 Å². The zero-order valence-electron chi connectivity index (χ0n) is 17.9. The molecule has 0 bridgehead atoms. The van der Waals surface area contributed by atoms with Crippen LogP contribution < -0.4 is 0 Å². The number of carbonyl (C=O) groups is 1. The summed E-state index contributed by atoms with van der Waals surface area (Å²) < 4.78 is 2.17. The zero-order valence-corrected chi connectivity index (χ0v) is 17.9. The number of carbonyl (C=O) groups excluding carboxylic acids is 1. The number of nitrogens with zero attached hydrogens (tertiary/aromatic N) is 2. The molecule has 0 N–H and O–H groups in total. The Balaban J connectivity index is 2.04. The van der Waals surface area contributed by atoms with E-state index < -0.39 is 0 Å². The van der Waals surface area contributed by atoms with E-state index in [0.717, 1.165) is 25.9 Å². The van der Waals surface area contributed by atoms with Crippen LogP contribution in [0.1, 0.15) is 83.2 Å². The Labute approximate surface area is 171 Å². The highest BCUT2D eigenvalue weighted by atomic mass is 16.2. The third-order valence-electron chi connectivity index (χ3n) is 5.46. The van der Waals surface area contributed by atoms with Gasteiger partial charge in [0.2, 0.25) is 5.91 Å². The quantitative estimate of drug-likeness (QED) is 0.344. The zero-order chi connectivity index (χ0) is 20.0. The van der Waals surface area contributed by atoms with Crippen LogP contribution in [0.4, 0.5) is 0 Å². The fraction of sp³-hybridized carbons (Fsp3) is 0.560. The summed E-state index contributed by atoms with van der Waals surface area (Å²) in [6.45, 7) is 6.26. The normalized spacial score (nSPS) is 12.1. The molecule has 0 aliphatic rings. The van der Waals surface area contributed by atoms with Crippen LogP contribution in [0.25, 0.3) is 0 Å². The third-order valence-corrected chi connectivity index (χ3v) is 5.46. The maximum atomic E-state index is 13.3. The van der Waals surface area contributed by atoms with E-state index in [9.17, 15) is 4.79 Å². The molecule has 0 fully saturated rings. The number of benzene rings is 1. The number of aromatic nitrogens is 1. The van der Waals surface area contributed by atoms with Gasteiger partial charge in [0.25, 0.3) is 0 Å². The maximum absolute atomic E-state index is 13.3. The molecule has 3 heteroatoms. The molecule has 28 heavy (non-hydrogen) atoms. The molecule has 1 aromatic heterocycles. The van der Waals surface area contributed by atoms with Crippen LogP contribution >= 0.6 is 0 Å². The van der Waals surface area contributed by atoms with Crippen molar-refractivity contribution >= 4 is 5.91 Å². The highest BCUT2D eigenvalue weighted by Gasteiger charge is 2.21. The summed E-state index contributed by atoms with van der Waals surface area (Å²) >= 11 is 0. The summed E-state index contributed by atoms with van der Waals surface area (Å²) in [7, 11) is 0. The van der Waals surface area contributed by atoms with Crippen molar-refractivity contribution in [3.63, 3.8) is 0 Å². The largest absolute Gasteiger partial charge is 0.346 e. The highest BCUT2D eigenvalue weighted by Crippen LogP contribution is 2.23. The van der Waals surface area contributed by atoms with Crippen molar-refractivity contribution < 1.29 is 4.79 Å². The lowest BCUT2D eigenvalue weighted by atomic mass is 10.0. The Morgan fingerprint density at radius 2 is 1.39 bits per heavy atom. The van der Waals surface area contributed by atoms with Gasteiger partial charge in [-0.1, -0.05) is 82.7 Å². The van der Waals surface area contributed by atoms with Gasteiger partial charge >= 0.3 is 0 Å². The molecule has 1 unspecified atom stereocenters. The van der Waals surface area contributed by atoms with E-state index in [2.05, 4.69) is 60.0 Å². The van der Waals surface area contributed by atoms with Crippen LogP contribution in [-0.2, 0) is 4.79 Å². The lowest BCUT2D eigenvalue weighted by molar-refractivity contribution is -0.132. The molecule has 2 aromatic rings. The Hall–Kier alpha value is -2.03. The second kappa shape index (κ2) is 13.2. The molecular weight excluding hydrogens is 344 g/mol. The van der Waals surface area contributed by atoms with Gasteiger partial charge in [-0.3, -0.25) is 4.79 Å². The molecule has 1 amide bonds. The maximum Gasteiger partial charge on any atom is 0.225 e. The average molecular weight is 383 g/mol. The first-order valence-corrected chi connectivity index (χ1v) is 11.2. The summed E-state index contributed by atoms with van der Waals surface area (Å²) in [6.07, 6.45) is 14.3. The minimum absolute atomic E-state index is 0.0671. The van der Waals surface area contributed by atoms with E-state index in [-0.39, 0.29) is 11.9 Å². The van der Waals surface area contributed by atoms with Gasteiger partial charge in [0.15, 0.2) is 0 Å². The smallest absolute Gasteiger partial charge is 0.225 e. The topological polar surface area (TPSA) is 25.2 Å². The first kappa shape index (κ1) is 22.3. The first-order valence-electron chi connectivity index (χ1n) is 11.2. The number of hydrogen-bond donors (Lipinski definition) is 0. The number of amides is 1. The number of rotatable bonds is 14. The predicted octanol–water partition coefficient (Wildman–Crippen LogP) is 6.46. The van der Waals surface area contributed by atoms with Crippen molar-refractivity contribution in [2.45, 2.75) is 77.7 Å². The molecule has 0 aliphatic heterocycles. The van der Waals surface area contributed by atoms with Gasteiger partial charge in [-0.15, -0.1) is 0 Å². The molecular formula is C25H38N2O. The van der Waals surface area contributed by atoms with Gasteiger partial charge < -0.3 is 9.47 Å². The van der Waals surface area contributed by atoms with Crippen LogP contribution in [0.5, 0.6) is 0 Å². The SMILES string of the molecule is CCCCCCN(CCCCCC)C(=O)CC(c1ccccc1)n1cccc1. The number of unbranched alkanes of at least 4 members (excludes halogenated alkanes) is 6. The minimum Gasteiger partial charge on any atom is -0.346 e.